The number of hydrogen-bond acceptors (Lipinski definition) is 10. The molecule has 220 valence electrons. The Labute approximate surface area is 254 Å². The molecule has 43 heavy (non-hydrogen) atoms. The second-order valence-corrected chi connectivity index (χ2v) is 12.1. The van der Waals surface area contributed by atoms with E-state index in [-0.39, 0.29) is 22.3 Å². The Balaban J connectivity index is 1.39. The van der Waals surface area contributed by atoms with Gasteiger partial charge in [-0.05, 0) is 30.3 Å². The molecule has 0 atom stereocenters. The molecule has 1 saturated heterocycles. The second kappa shape index (κ2) is 12.2. The highest BCUT2D eigenvalue weighted by Gasteiger charge is 2.24. The minimum absolute atomic E-state index is 0.0555. The first-order valence-electron chi connectivity index (χ1n) is 12.9. The van der Waals surface area contributed by atoms with E-state index in [1.807, 2.05) is 4.90 Å². The summed E-state index contributed by atoms with van der Waals surface area (Å²) >= 11 is 7.59. The van der Waals surface area contributed by atoms with Crippen molar-refractivity contribution in [3.05, 3.63) is 88.5 Å². The topological polar surface area (TPSA) is 122 Å². The molecule has 1 aliphatic heterocycles. The van der Waals surface area contributed by atoms with Crippen molar-refractivity contribution < 1.29 is 21.9 Å². The maximum absolute atomic E-state index is 15.2. The van der Waals surface area contributed by atoms with Crippen molar-refractivity contribution in [2.45, 2.75) is 4.90 Å². The van der Waals surface area contributed by atoms with Crippen LogP contribution in [0.2, 0.25) is 5.02 Å². The SMILES string of the molecule is O=S(=O)(Nc1cscn1)c1cc(Cl)c(Oc2cnc(-c3cccc(F)c3)cc2-c2ccnc(N3CCNCC3)n2)cc1F. The third-order valence-corrected chi connectivity index (χ3v) is 8.73. The van der Waals surface area contributed by atoms with Crippen LogP contribution in [0.25, 0.3) is 22.5 Å². The van der Waals surface area contributed by atoms with Gasteiger partial charge in [0.05, 0.1) is 28.1 Å². The fourth-order valence-corrected chi connectivity index (χ4v) is 6.33. The van der Waals surface area contributed by atoms with E-state index in [2.05, 4.69) is 25.0 Å². The molecule has 1 fully saturated rings. The molecule has 0 spiro atoms. The van der Waals surface area contributed by atoms with E-state index in [4.69, 9.17) is 21.3 Å². The molecule has 0 amide bonds. The molecule has 1 aliphatic rings. The van der Waals surface area contributed by atoms with E-state index < -0.39 is 26.6 Å². The van der Waals surface area contributed by atoms with Crippen LogP contribution in [0.1, 0.15) is 0 Å². The van der Waals surface area contributed by atoms with Crippen LogP contribution in [0.3, 0.4) is 0 Å². The molecule has 0 saturated carbocycles. The second-order valence-electron chi connectivity index (χ2n) is 9.35. The number of anilines is 2. The smallest absolute Gasteiger partial charge is 0.266 e. The number of benzene rings is 2. The molecule has 4 heterocycles. The van der Waals surface area contributed by atoms with E-state index >= 15 is 4.39 Å². The van der Waals surface area contributed by atoms with E-state index in [1.165, 1.54) is 40.6 Å². The zero-order valence-electron chi connectivity index (χ0n) is 22.2. The highest BCUT2D eigenvalue weighted by molar-refractivity contribution is 7.92. The Kier molecular flexibility index (Phi) is 8.17. The maximum atomic E-state index is 15.2. The number of pyridine rings is 1. The number of nitrogens with zero attached hydrogens (tertiary/aromatic N) is 5. The predicted octanol–water partition coefficient (Wildman–Crippen LogP) is 5.60. The minimum atomic E-state index is -4.32. The summed E-state index contributed by atoms with van der Waals surface area (Å²) in [6.07, 6.45) is 3.01. The van der Waals surface area contributed by atoms with Crippen molar-refractivity contribution >= 4 is 44.7 Å². The first-order valence-corrected chi connectivity index (χ1v) is 15.7. The lowest BCUT2D eigenvalue weighted by molar-refractivity contribution is 0.473. The van der Waals surface area contributed by atoms with Crippen LogP contribution in [0.5, 0.6) is 11.5 Å². The first-order chi connectivity index (χ1) is 20.8. The van der Waals surface area contributed by atoms with Gasteiger partial charge in [0.25, 0.3) is 10.0 Å². The van der Waals surface area contributed by atoms with E-state index in [0.29, 0.717) is 28.5 Å². The van der Waals surface area contributed by atoms with Crippen LogP contribution in [-0.2, 0) is 10.0 Å². The molecule has 10 nitrogen and oxygen atoms in total. The highest BCUT2D eigenvalue weighted by atomic mass is 35.5. The summed E-state index contributed by atoms with van der Waals surface area (Å²) in [6.45, 7) is 3.02. The van der Waals surface area contributed by atoms with Gasteiger partial charge in [-0.25, -0.2) is 32.2 Å². The summed E-state index contributed by atoms with van der Waals surface area (Å²) in [5, 5.41) is 4.59. The molecule has 5 aromatic rings. The van der Waals surface area contributed by atoms with Crippen LogP contribution < -0.4 is 19.7 Å². The Morgan fingerprint density at radius 1 is 1.00 bits per heavy atom. The Morgan fingerprint density at radius 3 is 2.60 bits per heavy atom. The molecule has 0 unspecified atom stereocenters. The third-order valence-electron chi connectivity index (χ3n) is 6.47. The Hall–Kier alpha value is -4.24. The molecule has 15 heteroatoms. The van der Waals surface area contributed by atoms with Crippen molar-refractivity contribution in [3.8, 4) is 34.0 Å². The third kappa shape index (κ3) is 6.41. The van der Waals surface area contributed by atoms with Crippen molar-refractivity contribution in [2.75, 3.05) is 35.8 Å². The normalized spacial score (nSPS) is 13.6. The predicted molar refractivity (Wildman–Crippen MR) is 160 cm³/mol. The first kappa shape index (κ1) is 28.9. The lowest BCUT2D eigenvalue weighted by atomic mass is 10.1. The highest BCUT2D eigenvalue weighted by Crippen LogP contribution is 2.39. The van der Waals surface area contributed by atoms with Gasteiger partial charge in [-0.2, -0.15) is 0 Å². The van der Waals surface area contributed by atoms with Crippen LogP contribution in [-0.4, -0.2) is 54.5 Å². The van der Waals surface area contributed by atoms with Gasteiger partial charge in [0.15, 0.2) is 11.6 Å². The fraction of sp³-hybridized carbons (Fsp3) is 0.143. The van der Waals surface area contributed by atoms with Gasteiger partial charge in [-0.3, -0.25) is 9.71 Å². The van der Waals surface area contributed by atoms with Crippen molar-refractivity contribution in [2.24, 2.45) is 0 Å². The van der Waals surface area contributed by atoms with Crippen LogP contribution in [0, 0.1) is 11.6 Å². The number of piperazine rings is 1. The number of sulfonamides is 1. The monoisotopic (exact) mass is 641 g/mol. The van der Waals surface area contributed by atoms with Gasteiger partial charge in [0.1, 0.15) is 22.3 Å². The summed E-state index contributed by atoms with van der Waals surface area (Å²) in [7, 11) is -4.32. The van der Waals surface area contributed by atoms with Gasteiger partial charge >= 0.3 is 0 Å². The van der Waals surface area contributed by atoms with Crippen molar-refractivity contribution in [1.29, 1.82) is 0 Å². The van der Waals surface area contributed by atoms with Crippen LogP contribution in [0.15, 0.2) is 76.7 Å². The summed E-state index contributed by atoms with van der Waals surface area (Å²) in [4.78, 5) is 18.8. The molecular weight excluding hydrogens is 620 g/mol. The number of halogens is 3. The fourth-order valence-electron chi connectivity index (χ4n) is 4.41. The zero-order chi connectivity index (χ0) is 30.0. The number of aromatic nitrogens is 4. The van der Waals surface area contributed by atoms with Crippen molar-refractivity contribution in [1.82, 2.24) is 25.3 Å². The summed E-state index contributed by atoms with van der Waals surface area (Å²) in [5.41, 5.74) is 3.33. The number of thiazole rings is 1. The molecule has 0 bridgehead atoms. The summed E-state index contributed by atoms with van der Waals surface area (Å²) in [5.74, 6) is -0.936. The Bertz CT molecular complexity index is 1890. The van der Waals surface area contributed by atoms with E-state index in [0.717, 1.165) is 38.3 Å². The Morgan fingerprint density at radius 2 is 1.84 bits per heavy atom. The van der Waals surface area contributed by atoms with Crippen LogP contribution >= 0.6 is 22.9 Å². The number of rotatable bonds is 8. The largest absolute Gasteiger partial charge is 0.453 e. The quantitative estimate of drug-likeness (QED) is 0.223. The van der Waals surface area contributed by atoms with E-state index in [9.17, 15) is 12.8 Å². The van der Waals surface area contributed by atoms with Gasteiger partial charge in [-0.15, -0.1) is 11.3 Å². The average Bonchev–Trinajstić information content (AvgIpc) is 3.52. The number of hydrogen-bond donors (Lipinski definition) is 2. The zero-order valence-corrected chi connectivity index (χ0v) is 24.6. The molecule has 0 aliphatic carbocycles. The molecular formula is C28H22ClF2N7O3S2. The molecule has 2 aromatic carbocycles. The molecule has 0 radical (unpaired) electrons. The average molecular weight is 642 g/mol. The molecule has 3 aromatic heterocycles. The number of nitrogens with one attached hydrogen (secondary N) is 2. The summed E-state index contributed by atoms with van der Waals surface area (Å²) in [6, 6.07) is 11.2. The van der Waals surface area contributed by atoms with E-state index in [1.54, 1.807) is 30.5 Å². The van der Waals surface area contributed by atoms with Crippen LogP contribution in [0.4, 0.5) is 20.5 Å². The number of ether oxygens (including phenoxy) is 1. The lowest BCUT2D eigenvalue weighted by Crippen LogP contribution is -2.44. The van der Waals surface area contributed by atoms with Gasteiger partial charge in [0.2, 0.25) is 5.95 Å². The van der Waals surface area contributed by atoms with Gasteiger partial charge < -0.3 is 15.0 Å². The summed E-state index contributed by atoms with van der Waals surface area (Å²) < 4.78 is 63.1. The molecule has 2 N–H and O–H groups in total. The van der Waals surface area contributed by atoms with Gasteiger partial charge in [-0.1, -0.05) is 23.7 Å². The van der Waals surface area contributed by atoms with Gasteiger partial charge in [0, 0.05) is 54.9 Å². The molecule has 6 rings (SSSR count). The standard InChI is InChI=1S/C28H22ClF2N7O3S2/c29-20-12-26(43(39,40)37-27-15-42-16-35-27)21(31)13-24(20)41-25-14-34-23(17-2-1-3-18(30)10-17)11-19(25)22-4-5-33-28(36-22)38-8-6-32-7-9-38/h1-5,10-16,32,37H,6-9H2. The maximum Gasteiger partial charge on any atom is 0.266 e. The van der Waals surface area contributed by atoms with Crippen molar-refractivity contribution in [3.63, 3.8) is 0 Å². The lowest BCUT2D eigenvalue weighted by Gasteiger charge is -2.27. The minimum Gasteiger partial charge on any atom is -0.453 e.